The number of nitrogens with zero attached hydrogens (tertiary/aromatic N) is 1. The molecule has 0 aromatic heterocycles. The fourth-order valence-corrected chi connectivity index (χ4v) is 3.54. The highest BCUT2D eigenvalue weighted by atomic mass is 16.5. The number of hydrogen-bond donors (Lipinski definition) is 2. The van der Waals surface area contributed by atoms with Gasteiger partial charge in [0.2, 0.25) is 5.91 Å². The lowest BCUT2D eigenvalue weighted by Gasteiger charge is -2.21. The number of amides is 2. The average molecular weight is 454 g/mol. The van der Waals surface area contributed by atoms with Crippen LogP contribution in [0, 0.1) is 0 Å². The number of rotatable bonds is 15. The van der Waals surface area contributed by atoms with Crippen LogP contribution in [0.2, 0.25) is 0 Å². The van der Waals surface area contributed by atoms with Crippen LogP contribution in [0.3, 0.4) is 0 Å². The summed E-state index contributed by atoms with van der Waals surface area (Å²) in [5, 5.41) is 5.99. The molecule has 0 aliphatic heterocycles. The lowest BCUT2D eigenvalue weighted by Crippen LogP contribution is -2.32. The number of carbonyl (C=O) groups is 2. The number of benzene rings is 2. The summed E-state index contributed by atoms with van der Waals surface area (Å²) in [5.74, 6) is 0.683. The SMILES string of the molecule is CCCCCCOc1ccc(NC(=O)CNc2cccc(C(=O)N(CCC)CCC)c2)cc1. The highest BCUT2D eigenvalue weighted by molar-refractivity contribution is 5.96. The molecule has 2 aromatic rings. The molecule has 6 heteroatoms. The summed E-state index contributed by atoms with van der Waals surface area (Å²) in [5.41, 5.74) is 2.10. The molecular weight excluding hydrogens is 414 g/mol. The lowest BCUT2D eigenvalue weighted by atomic mass is 10.1. The maximum Gasteiger partial charge on any atom is 0.253 e. The molecule has 0 fully saturated rings. The fraction of sp³-hybridized carbons (Fsp3) is 0.481. The number of carbonyl (C=O) groups excluding carboxylic acids is 2. The molecule has 0 saturated carbocycles. The Morgan fingerprint density at radius 1 is 0.848 bits per heavy atom. The van der Waals surface area contributed by atoms with E-state index in [0.29, 0.717) is 12.2 Å². The smallest absolute Gasteiger partial charge is 0.253 e. The second kappa shape index (κ2) is 14.9. The van der Waals surface area contributed by atoms with E-state index in [1.807, 2.05) is 47.4 Å². The molecule has 0 aliphatic rings. The molecule has 6 nitrogen and oxygen atoms in total. The van der Waals surface area contributed by atoms with Crippen LogP contribution in [0.4, 0.5) is 11.4 Å². The van der Waals surface area contributed by atoms with Gasteiger partial charge >= 0.3 is 0 Å². The summed E-state index contributed by atoms with van der Waals surface area (Å²) < 4.78 is 5.74. The highest BCUT2D eigenvalue weighted by Gasteiger charge is 2.14. The van der Waals surface area contributed by atoms with Crippen molar-refractivity contribution in [1.29, 1.82) is 0 Å². The minimum Gasteiger partial charge on any atom is -0.494 e. The van der Waals surface area contributed by atoms with Gasteiger partial charge in [0.1, 0.15) is 5.75 Å². The second-order valence-electron chi connectivity index (χ2n) is 8.21. The first kappa shape index (κ1) is 26.2. The van der Waals surface area contributed by atoms with Crippen LogP contribution in [0.25, 0.3) is 0 Å². The Morgan fingerprint density at radius 3 is 2.24 bits per heavy atom. The summed E-state index contributed by atoms with van der Waals surface area (Å²) in [6.07, 6.45) is 6.54. The number of unbranched alkanes of at least 4 members (excludes halogenated alkanes) is 3. The van der Waals surface area contributed by atoms with Crippen LogP contribution >= 0.6 is 0 Å². The van der Waals surface area contributed by atoms with Crippen molar-refractivity contribution < 1.29 is 14.3 Å². The summed E-state index contributed by atoms with van der Waals surface area (Å²) in [6.45, 7) is 8.65. The number of anilines is 2. The maximum absolute atomic E-state index is 12.8. The molecule has 0 aliphatic carbocycles. The van der Waals surface area contributed by atoms with E-state index in [4.69, 9.17) is 4.74 Å². The van der Waals surface area contributed by atoms with Crippen molar-refractivity contribution in [3.8, 4) is 5.75 Å². The van der Waals surface area contributed by atoms with Crippen molar-refractivity contribution in [2.75, 3.05) is 36.9 Å². The Hall–Kier alpha value is -3.02. The van der Waals surface area contributed by atoms with E-state index in [-0.39, 0.29) is 18.4 Å². The molecule has 0 saturated heterocycles. The molecule has 0 radical (unpaired) electrons. The van der Waals surface area contributed by atoms with Gasteiger partial charge in [-0.25, -0.2) is 0 Å². The van der Waals surface area contributed by atoms with Gasteiger partial charge in [-0.15, -0.1) is 0 Å². The Kier molecular flexibility index (Phi) is 11.9. The van der Waals surface area contributed by atoms with E-state index in [1.54, 1.807) is 6.07 Å². The van der Waals surface area contributed by atoms with Crippen molar-refractivity contribution in [2.24, 2.45) is 0 Å². The molecule has 33 heavy (non-hydrogen) atoms. The van der Waals surface area contributed by atoms with E-state index in [2.05, 4.69) is 31.4 Å². The van der Waals surface area contributed by atoms with Crippen LogP contribution in [0.15, 0.2) is 48.5 Å². The normalized spacial score (nSPS) is 10.5. The Bertz CT molecular complexity index is 846. The predicted octanol–water partition coefficient (Wildman–Crippen LogP) is 5.96. The van der Waals surface area contributed by atoms with Gasteiger partial charge in [0.15, 0.2) is 0 Å². The standard InChI is InChI=1S/C27H39N3O3/c1-4-7-8-9-19-33-25-15-13-23(14-16-25)29-26(31)21-28-24-12-10-11-22(20-24)27(32)30(17-5-2)18-6-3/h10-16,20,28H,4-9,17-19,21H2,1-3H3,(H,29,31). The Labute approximate surface area is 198 Å². The third-order valence-corrected chi connectivity index (χ3v) is 5.24. The van der Waals surface area contributed by atoms with E-state index in [0.717, 1.165) is 49.5 Å². The zero-order chi connectivity index (χ0) is 23.9. The van der Waals surface area contributed by atoms with Gasteiger partial charge in [0.25, 0.3) is 5.91 Å². The topological polar surface area (TPSA) is 70.7 Å². The van der Waals surface area contributed by atoms with Crippen molar-refractivity contribution in [2.45, 2.75) is 59.3 Å². The monoisotopic (exact) mass is 453 g/mol. The van der Waals surface area contributed by atoms with Gasteiger partial charge in [-0.05, 0) is 61.7 Å². The molecule has 2 amide bonds. The van der Waals surface area contributed by atoms with Crippen LogP contribution in [-0.2, 0) is 4.79 Å². The number of ether oxygens (including phenoxy) is 1. The number of nitrogens with one attached hydrogen (secondary N) is 2. The first-order valence-electron chi connectivity index (χ1n) is 12.2. The van der Waals surface area contributed by atoms with E-state index in [1.165, 1.54) is 19.3 Å². The summed E-state index contributed by atoms with van der Waals surface area (Å²) in [4.78, 5) is 27.0. The minimum atomic E-state index is -0.154. The lowest BCUT2D eigenvalue weighted by molar-refractivity contribution is -0.114. The third-order valence-electron chi connectivity index (χ3n) is 5.24. The number of hydrogen-bond acceptors (Lipinski definition) is 4. The van der Waals surface area contributed by atoms with Crippen LogP contribution in [0.5, 0.6) is 5.75 Å². The van der Waals surface area contributed by atoms with Crippen molar-refractivity contribution in [3.63, 3.8) is 0 Å². The molecule has 0 unspecified atom stereocenters. The first-order chi connectivity index (χ1) is 16.1. The molecular formula is C27H39N3O3. The van der Waals surface area contributed by atoms with E-state index < -0.39 is 0 Å². The molecule has 2 N–H and O–H groups in total. The second-order valence-corrected chi connectivity index (χ2v) is 8.21. The van der Waals surface area contributed by atoms with Gasteiger partial charge in [0, 0.05) is 30.0 Å². The molecule has 2 rings (SSSR count). The van der Waals surface area contributed by atoms with Crippen LogP contribution in [0.1, 0.15) is 69.7 Å². The summed E-state index contributed by atoms with van der Waals surface area (Å²) >= 11 is 0. The van der Waals surface area contributed by atoms with Gasteiger partial charge in [0.05, 0.1) is 13.2 Å². The summed E-state index contributed by atoms with van der Waals surface area (Å²) in [7, 11) is 0. The van der Waals surface area contributed by atoms with E-state index in [9.17, 15) is 9.59 Å². The highest BCUT2D eigenvalue weighted by Crippen LogP contribution is 2.17. The van der Waals surface area contributed by atoms with Crippen LogP contribution < -0.4 is 15.4 Å². The quantitative estimate of drug-likeness (QED) is 0.327. The Balaban J connectivity index is 1.82. The van der Waals surface area contributed by atoms with Crippen molar-refractivity contribution in [1.82, 2.24) is 4.90 Å². The zero-order valence-electron chi connectivity index (χ0n) is 20.4. The van der Waals surface area contributed by atoms with Gasteiger partial charge in [-0.1, -0.05) is 46.1 Å². The van der Waals surface area contributed by atoms with Crippen molar-refractivity contribution >= 4 is 23.2 Å². The molecule has 180 valence electrons. The third kappa shape index (κ3) is 9.56. The Morgan fingerprint density at radius 2 is 1.58 bits per heavy atom. The fourth-order valence-electron chi connectivity index (χ4n) is 3.54. The molecule has 0 heterocycles. The molecule has 2 aromatic carbocycles. The van der Waals surface area contributed by atoms with Gasteiger partial charge in [-0.2, -0.15) is 0 Å². The predicted molar refractivity (Wildman–Crippen MR) is 136 cm³/mol. The van der Waals surface area contributed by atoms with Gasteiger partial charge < -0.3 is 20.3 Å². The first-order valence-corrected chi connectivity index (χ1v) is 12.2. The van der Waals surface area contributed by atoms with Crippen LogP contribution in [-0.4, -0.2) is 43.0 Å². The maximum atomic E-state index is 12.8. The van der Waals surface area contributed by atoms with Crippen molar-refractivity contribution in [3.05, 3.63) is 54.1 Å². The molecule has 0 spiro atoms. The molecule has 0 atom stereocenters. The summed E-state index contributed by atoms with van der Waals surface area (Å²) in [6, 6.07) is 14.8. The minimum absolute atomic E-state index is 0.0273. The van der Waals surface area contributed by atoms with E-state index >= 15 is 0 Å². The zero-order valence-corrected chi connectivity index (χ0v) is 20.4. The molecule has 0 bridgehead atoms. The average Bonchev–Trinajstić information content (AvgIpc) is 2.83. The largest absolute Gasteiger partial charge is 0.494 e. The van der Waals surface area contributed by atoms with Gasteiger partial charge in [-0.3, -0.25) is 9.59 Å².